The molecule has 4 rings (SSSR count). The van der Waals surface area contributed by atoms with Gasteiger partial charge in [0.1, 0.15) is 5.84 Å². The van der Waals surface area contributed by atoms with Gasteiger partial charge in [0.05, 0.1) is 5.69 Å². The third kappa shape index (κ3) is 5.53. The summed E-state index contributed by atoms with van der Waals surface area (Å²) < 4.78 is 0. The smallest absolute Gasteiger partial charge is 0.321 e. The van der Waals surface area contributed by atoms with E-state index in [2.05, 4.69) is 15.5 Å². The Morgan fingerprint density at radius 3 is 2.39 bits per heavy atom. The number of benzodiazepines with no additional fused rings is 1. The molecule has 174 valence electrons. The second-order valence-electron chi connectivity index (χ2n) is 8.85. The van der Waals surface area contributed by atoms with E-state index in [-0.39, 0.29) is 5.91 Å². The van der Waals surface area contributed by atoms with Crippen LogP contribution in [-0.2, 0) is 4.79 Å². The minimum absolute atomic E-state index is 0.263. The molecule has 1 saturated heterocycles. The Morgan fingerprint density at radius 2 is 1.67 bits per heavy atom. The molecule has 2 aliphatic heterocycles. The van der Waals surface area contributed by atoms with Crippen molar-refractivity contribution in [3.63, 3.8) is 0 Å². The van der Waals surface area contributed by atoms with Gasteiger partial charge in [-0.05, 0) is 49.6 Å². The van der Waals surface area contributed by atoms with E-state index >= 15 is 0 Å². The minimum Gasteiger partial charge on any atom is -0.356 e. The molecule has 2 heterocycles. The number of carbonyl (C=O) groups excluding carboxylic acids is 2. The molecule has 2 aliphatic rings. The van der Waals surface area contributed by atoms with E-state index < -0.39 is 12.2 Å². The number of anilines is 2. The van der Waals surface area contributed by atoms with Gasteiger partial charge < -0.3 is 20.4 Å². The van der Waals surface area contributed by atoms with Gasteiger partial charge >= 0.3 is 6.03 Å². The van der Waals surface area contributed by atoms with Crippen LogP contribution in [0.2, 0.25) is 0 Å². The summed E-state index contributed by atoms with van der Waals surface area (Å²) in [6, 6.07) is 15.0. The van der Waals surface area contributed by atoms with E-state index in [0.29, 0.717) is 5.69 Å². The predicted molar refractivity (Wildman–Crippen MR) is 133 cm³/mol. The lowest BCUT2D eigenvalue weighted by Crippen LogP contribution is -2.47. The molecule has 7 heteroatoms. The molecule has 7 nitrogen and oxygen atoms in total. The van der Waals surface area contributed by atoms with Gasteiger partial charge in [-0.3, -0.25) is 4.79 Å². The number of rotatable bonds is 2. The summed E-state index contributed by atoms with van der Waals surface area (Å²) in [6.45, 7) is 3.76. The lowest BCUT2D eigenvalue weighted by Gasteiger charge is -2.27. The second-order valence-corrected chi connectivity index (χ2v) is 8.85. The van der Waals surface area contributed by atoms with Gasteiger partial charge in [-0.25, -0.2) is 9.79 Å². The fraction of sp³-hybridized carbons (Fsp3) is 0.423. The normalized spacial score (nSPS) is 19.4. The van der Waals surface area contributed by atoms with E-state index in [0.717, 1.165) is 48.6 Å². The van der Waals surface area contributed by atoms with Crippen molar-refractivity contribution in [1.29, 1.82) is 0 Å². The molecule has 2 aromatic carbocycles. The lowest BCUT2D eigenvalue weighted by molar-refractivity contribution is -0.119. The van der Waals surface area contributed by atoms with Crippen molar-refractivity contribution in [1.82, 2.24) is 10.2 Å². The van der Waals surface area contributed by atoms with Crippen LogP contribution in [0.15, 0.2) is 53.5 Å². The number of amides is 3. The number of benzene rings is 2. The standard InChI is InChI=1S/C26H33N5O2/c1-19-12-11-13-20(18-19)27-26(33)29-23-25(32)30(2)22-15-8-7-14-21(22)24(28-23)31-16-9-5-3-4-6-10-17-31/h7-8,11-15,18,23H,3-6,9-10,16-17H2,1-2H3,(H2,27,29,33). The summed E-state index contributed by atoms with van der Waals surface area (Å²) in [6.07, 6.45) is 6.11. The Labute approximate surface area is 195 Å². The maximum Gasteiger partial charge on any atom is 0.321 e. The molecule has 2 N–H and O–H groups in total. The van der Waals surface area contributed by atoms with Crippen molar-refractivity contribution in [2.45, 2.75) is 51.6 Å². The molecule has 0 aliphatic carbocycles. The molecular formula is C26H33N5O2. The van der Waals surface area contributed by atoms with Crippen LogP contribution < -0.4 is 15.5 Å². The first-order valence-corrected chi connectivity index (χ1v) is 11.9. The van der Waals surface area contributed by atoms with Crippen LogP contribution in [0.3, 0.4) is 0 Å². The number of nitrogens with one attached hydrogen (secondary N) is 2. The molecular weight excluding hydrogens is 414 g/mol. The van der Waals surface area contributed by atoms with Crippen molar-refractivity contribution in [3.8, 4) is 0 Å². The van der Waals surface area contributed by atoms with Gasteiger partial charge in [-0.1, -0.05) is 49.9 Å². The van der Waals surface area contributed by atoms with Crippen LogP contribution >= 0.6 is 0 Å². The quantitative estimate of drug-likeness (QED) is 0.711. The molecule has 0 radical (unpaired) electrons. The largest absolute Gasteiger partial charge is 0.356 e. The number of para-hydroxylation sites is 1. The number of aliphatic imine (C=N–C) groups is 1. The number of urea groups is 1. The molecule has 0 aromatic heterocycles. The number of likely N-dealkylation sites (N-methyl/N-ethyl adjacent to an activating group) is 1. The maximum atomic E-state index is 13.3. The van der Waals surface area contributed by atoms with Gasteiger partial charge in [0.25, 0.3) is 5.91 Å². The first-order chi connectivity index (χ1) is 16.0. The Bertz CT molecular complexity index is 1020. The fourth-order valence-corrected chi connectivity index (χ4v) is 4.50. The summed E-state index contributed by atoms with van der Waals surface area (Å²) in [7, 11) is 1.74. The lowest BCUT2D eigenvalue weighted by atomic mass is 10.1. The molecule has 0 saturated carbocycles. The van der Waals surface area contributed by atoms with Crippen LogP contribution in [0, 0.1) is 6.92 Å². The van der Waals surface area contributed by atoms with Gasteiger partial charge in [-0.2, -0.15) is 0 Å². The zero-order valence-electron chi connectivity index (χ0n) is 19.5. The van der Waals surface area contributed by atoms with Gasteiger partial charge in [-0.15, -0.1) is 0 Å². The summed E-state index contributed by atoms with van der Waals surface area (Å²) in [5.74, 6) is 0.521. The van der Waals surface area contributed by atoms with Crippen molar-refractivity contribution in [2.75, 3.05) is 30.4 Å². The van der Waals surface area contributed by atoms with Crippen LogP contribution in [0.5, 0.6) is 0 Å². The Morgan fingerprint density at radius 1 is 0.970 bits per heavy atom. The third-order valence-electron chi connectivity index (χ3n) is 6.27. The van der Waals surface area contributed by atoms with Gasteiger partial charge in [0.2, 0.25) is 6.17 Å². The van der Waals surface area contributed by atoms with Crippen LogP contribution in [0.25, 0.3) is 0 Å². The zero-order chi connectivity index (χ0) is 23.2. The minimum atomic E-state index is -1.00. The highest BCUT2D eigenvalue weighted by molar-refractivity contribution is 6.12. The van der Waals surface area contributed by atoms with Gasteiger partial charge in [0, 0.05) is 31.4 Å². The summed E-state index contributed by atoms with van der Waals surface area (Å²) in [4.78, 5) is 34.8. The zero-order valence-corrected chi connectivity index (χ0v) is 19.5. The van der Waals surface area contributed by atoms with Crippen molar-refractivity contribution in [3.05, 3.63) is 59.7 Å². The topological polar surface area (TPSA) is 77.0 Å². The van der Waals surface area contributed by atoms with Crippen molar-refractivity contribution in [2.24, 2.45) is 4.99 Å². The highest BCUT2D eigenvalue weighted by Gasteiger charge is 2.32. The Kier molecular flexibility index (Phi) is 7.27. The van der Waals surface area contributed by atoms with Crippen molar-refractivity contribution >= 4 is 29.1 Å². The van der Waals surface area contributed by atoms with Crippen LogP contribution in [-0.4, -0.2) is 49.0 Å². The molecule has 1 fully saturated rings. The second kappa shape index (κ2) is 10.5. The molecule has 33 heavy (non-hydrogen) atoms. The molecule has 3 amide bonds. The number of hydrogen-bond acceptors (Lipinski definition) is 4. The van der Waals surface area contributed by atoms with Crippen LogP contribution in [0.1, 0.15) is 49.7 Å². The van der Waals surface area contributed by atoms with E-state index in [1.807, 2.05) is 55.5 Å². The fourth-order valence-electron chi connectivity index (χ4n) is 4.50. The summed E-state index contributed by atoms with van der Waals surface area (Å²) in [5.41, 5.74) is 3.46. The number of hydrogen-bond donors (Lipinski definition) is 2. The maximum absolute atomic E-state index is 13.3. The Balaban J connectivity index is 1.63. The summed E-state index contributed by atoms with van der Waals surface area (Å²) >= 11 is 0. The van der Waals surface area contributed by atoms with Crippen molar-refractivity contribution < 1.29 is 9.59 Å². The van der Waals surface area contributed by atoms with E-state index in [9.17, 15) is 9.59 Å². The monoisotopic (exact) mass is 447 g/mol. The Hall–Kier alpha value is -3.35. The number of aryl methyl sites for hydroxylation is 1. The van der Waals surface area contributed by atoms with Crippen LogP contribution in [0.4, 0.5) is 16.2 Å². The van der Waals surface area contributed by atoms with E-state index in [4.69, 9.17) is 4.99 Å². The average molecular weight is 448 g/mol. The number of carbonyl (C=O) groups is 2. The third-order valence-corrected chi connectivity index (χ3v) is 6.27. The average Bonchev–Trinajstić information content (AvgIpc) is 2.89. The predicted octanol–water partition coefficient (Wildman–Crippen LogP) is 4.52. The molecule has 1 unspecified atom stereocenters. The summed E-state index contributed by atoms with van der Waals surface area (Å²) in [5, 5.41) is 5.62. The SMILES string of the molecule is Cc1cccc(NC(=O)NC2N=C(N3CCCCCCCC3)c3ccccc3N(C)C2=O)c1. The number of nitrogens with zero attached hydrogens (tertiary/aromatic N) is 3. The highest BCUT2D eigenvalue weighted by atomic mass is 16.2. The molecule has 0 spiro atoms. The first kappa shape index (κ1) is 22.8. The van der Waals surface area contributed by atoms with E-state index in [1.54, 1.807) is 11.9 Å². The van der Waals surface area contributed by atoms with E-state index in [1.165, 1.54) is 25.7 Å². The van der Waals surface area contributed by atoms with Gasteiger partial charge in [0.15, 0.2) is 0 Å². The number of fused-ring (bicyclic) bond motifs is 1. The molecule has 0 bridgehead atoms. The molecule has 2 aromatic rings. The highest BCUT2D eigenvalue weighted by Crippen LogP contribution is 2.27. The first-order valence-electron chi connectivity index (χ1n) is 11.9. The molecule has 1 atom stereocenters. The number of amidine groups is 1.